The molecule has 7 nitrogen and oxygen atoms in total. The highest BCUT2D eigenvalue weighted by atomic mass is 32.1. The van der Waals surface area contributed by atoms with Gasteiger partial charge in [0.1, 0.15) is 17.4 Å². The van der Waals surface area contributed by atoms with Crippen molar-refractivity contribution in [3.8, 4) is 22.9 Å². The summed E-state index contributed by atoms with van der Waals surface area (Å²) in [6, 6.07) is 19.7. The minimum atomic E-state index is -0.841. The van der Waals surface area contributed by atoms with Gasteiger partial charge in [-0.2, -0.15) is 4.98 Å². The highest BCUT2D eigenvalue weighted by Crippen LogP contribution is 2.51. The van der Waals surface area contributed by atoms with E-state index in [9.17, 15) is 0 Å². The van der Waals surface area contributed by atoms with Gasteiger partial charge in [-0.05, 0) is 60.2 Å². The van der Waals surface area contributed by atoms with Crippen LogP contribution in [0.1, 0.15) is 30.3 Å². The minimum Gasteiger partial charge on any atom is -0.497 e. The van der Waals surface area contributed by atoms with E-state index in [-0.39, 0.29) is 12.0 Å². The fourth-order valence-electron chi connectivity index (χ4n) is 4.72. The molecule has 0 radical (unpaired) electrons. The van der Waals surface area contributed by atoms with Crippen molar-refractivity contribution in [1.29, 1.82) is 0 Å². The zero-order valence-corrected chi connectivity index (χ0v) is 18.3. The fourth-order valence-corrected chi connectivity index (χ4v) is 5.05. The molecule has 0 spiro atoms. The van der Waals surface area contributed by atoms with Crippen LogP contribution in [0.25, 0.3) is 22.2 Å². The van der Waals surface area contributed by atoms with Crippen LogP contribution in [0.4, 0.5) is 0 Å². The van der Waals surface area contributed by atoms with Gasteiger partial charge >= 0.3 is 0 Å². The van der Waals surface area contributed by atoms with Crippen molar-refractivity contribution < 1.29 is 14.0 Å². The Hall–Kier alpha value is -3.65. The minimum absolute atomic E-state index is 0.187. The average molecular weight is 445 g/mol. The number of benzene rings is 3. The lowest BCUT2D eigenvalue weighted by atomic mass is 9.79. The predicted octanol–water partition coefficient (Wildman–Crippen LogP) is 4.31. The molecule has 32 heavy (non-hydrogen) atoms. The van der Waals surface area contributed by atoms with Crippen LogP contribution in [0.2, 0.25) is 0 Å². The number of aromatic nitrogens is 2. The van der Waals surface area contributed by atoms with Gasteiger partial charge in [0.05, 0.1) is 13.2 Å². The highest BCUT2D eigenvalue weighted by molar-refractivity contribution is 7.80. The lowest BCUT2D eigenvalue weighted by Crippen LogP contribution is -2.67. The number of nitrogens with one attached hydrogen (secondary N) is 2. The summed E-state index contributed by atoms with van der Waals surface area (Å²) in [4.78, 5) is 4.74. The van der Waals surface area contributed by atoms with Crippen LogP contribution in [0.15, 0.2) is 65.2 Å². The molecule has 0 aliphatic carbocycles. The maximum absolute atomic E-state index is 6.50. The zero-order valence-electron chi connectivity index (χ0n) is 17.5. The third kappa shape index (κ3) is 2.83. The molecule has 2 aliphatic rings. The van der Waals surface area contributed by atoms with Gasteiger partial charge < -0.3 is 24.6 Å². The Morgan fingerprint density at radius 3 is 2.69 bits per heavy atom. The number of hydrogen-bond donors (Lipinski definition) is 2. The van der Waals surface area contributed by atoms with Crippen molar-refractivity contribution in [2.45, 2.75) is 24.6 Å². The Kier molecular flexibility index (Phi) is 4.13. The van der Waals surface area contributed by atoms with E-state index in [1.54, 1.807) is 7.11 Å². The van der Waals surface area contributed by atoms with Crippen molar-refractivity contribution in [3.05, 3.63) is 72.1 Å². The Morgan fingerprint density at radius 2 is 1.88 bits per heavy atom. The number of hydrogen-bond acceptors (Lipinski definition) is 6. The molecule has 1 aromatic heterocycles. The predicted molar refractivity (Wildman–Crippen MR) is 124 cm³/mol. The van der Waals surface area contributed by atoms with E-state index in [2.05, 4.69) is 34.0 Å². The molecular weight excluding hydrogens is 424 g/mol. The zero-order chi connectivity index (χ0) is 21.9. The molecular formula is C24H20N4O3S. The Balaban J connectivity index is 1.48. The molecule has 2 aliphatic heterocycles. The maximum Gasteiger partial charge on any atom is 0.238 e. The van der Waals surface area contributed by atoms with Crippen molar-refractivity contribution in [2.75, 3.05) is 7.11 Å². The second-order valence-electron chi connectivity index (χ2n) is 8.15. The summed E-state index contributed by atoms with van der Waals surface area (Å²) in [5.74, 6) is 2.27. The number of ether oxygens (including phenoxy) is 2. The Morgan fingerprint density at radius 1 is 1.06 bits per heavy atom. The van der Waals surface area contributed by atoms with E-state index >= 15 is 0 Å². The lowest BCUT2D eigenvalue weighted by Gasteiger charge is -2.50. The molecule has 1 fully saturated rings. The smallest absolute Gasteiger partial charge is 0.238 e. The van der Waals surface area contributed by atoms with Crippen LogP contribution >= 0.6 is 12.2 Å². The van der Waals surface area contributed by atoms with Crippen molar-refractivity contribution in [2.24, 2.45) is 0 Å². The van der Waals surface area contributed by atoms with E-state index in [1.165, 1.54) is 0 Å². The average Bonchev–Trinajstić information content (AvgIpc) is 3.27. The van der Waals surface area contributed by atoms with Gasteiger partial charge in [0.25, 0.3) is 0 Å². The summed E-state index contributed by atoms with van der Waals surface area (Å²) >= 11 is 5.51. The fraction of sp³-hybridized carbons (Fsp3) is 0.208. The van der Waals surface area contributed by atoms with Crippen molar-refractivity contribution in [1.82, 2.24) is 20.8 Å². The normalized spacial score (nSPS) is 23.6. The second kappa shape index (κ2) is 6.93. The first kappa shape index (κ1) is 19.1. The molecule has 3 atom stereocenters. The van der Waals surface area contributed by atoms with E-state index in [4.69, 9.17) is 31.2 Å². The quantitative estimate of drug-likeness (QED) is 0.453. The Bertz CT molecular complexity index is 1350. The number of methoxy groups -OCH3 is 1. The molecule has 6 rings (SSSR count). The van der Waals surface area contributed by atoms with Gasteiger partial charge in [0.2, 0.25) is 11.7 Å². The van der Waals surface area contributed by atoms with E-state index in [0.717, 1.165) is 33.4 Å². The summed E-state index contributed by atoms with van der Waals surface area (Å²) in [6.45, 7) is 1.97. The monoisotopic (exact) mass is 444 g/mol. The topological polar surface area (TPSA) is 81.4 Å². The molecule has 3 aromatic carbocycles. The van der Waals surface area contributed by atoms with Gasteiger partial charge in [0, 0.05) is 11.1 Å². The molecule has 0 amide bonds. The van der Waals surface area contributed by atoms with E-state index < -0.39 is 5.72 Å². The van der Waals surface area contributed by atoms with Gasteiger partial charge in [-0.25, -0.2) is 0 Å². The second-order valence-corrected chi connectivity index (χ2v) is 8.55. The molecule has 1 saturated heterocycles. The van der Waals surface area contributed by atoms with Crippen LogP contribution in [-0.4, -0.2) is 28.1 Å². The molecule has 0 saturated carbocycles. The SMILES string of the molecule is COc1ccc(-c2noc([C@H]3[C@@H]4NC(=S)N[C@@]3(C)Oc3ccc5ccccc5c34)n2)cc1. The van der Waals surface area contributed by atoms with Gasteiger partial charge in [-0.15, -0.1) is 0 Å². The van der Waals surface area contributed by atoms with Crippen LogP contribution < -0.4 is 20.1 Å². The molecule has 2 N–H and O–H groups in total. The van der Waals surface area contributed by atoms with Crippen LogP contribution in [0, 0.1) is 0 Å². The molecule has 3 heterocycles. The van der Waals surface area contributed by atoms with Gasteiger partial charge in [-0.1, -0.05) is 35.5 Å². The lowest BCUT2D eigenvalue weighted by molar-refractivity contribution is -0.00961. The van der Waals surface area contributed by atoms with Crippen LogP contribution in [-0.2, 0) is 0 Å². The summed E-state index contributed by atoms with van der Waals surface area (Å²) in [5, 5.41) is 13.7. The maximum atomic E-state index is 6.50. The summed E-state index contributed by atoms with van der Waals surface area (Å²) in [5.41, 5.74) is 1.04. The van der Waals surface area contributed by atoms with E-state index in [0.29, 0.717) is 16.8 Å². The number of fused-ring (bicyclic) bond motifs is 6. The van der Waals surface area contributed by atoms with E-state index in [1.807, 2.05) is 49.4 Å². The van der Waals surface area contributed by atoms with Crippen LogP contribution in [0.5, 0.6) is 11.5 Å². The van der Waals surface area contributed by atoms with Crippen molar-refractivity contribution >= 4 is 28.1 Å². The van der Waals surface area contributed by atoms with Crippen molar-refractivity contribution in [3.63, 3.8) is 0 Å². The first-order chi connectivity index (χ1) is 15.6. The first-order valence-electron chi connectivity index (χ1n) is 10.3. The molecule has 2 bridgehead atoms. The molecule has 160 valence electrons. The third-order valence-electron chi connectivity index (χ3n) is 6.19. The molecule has 0 unspecified atom stereocenters. The third-order valence-corrected chi connectivity index (χ3v) is 6.41. The highest BCUT2D eigenvalue weighted by Gasteiger charge is 2.55. The Labute approximate surface area is 189 Å². The number of thiocarbonyl (C=S) groups is 1. The summed E-state index contributed by atoms with van der Waals surface area (Å²) in [6.07, 6.45) is 0. The standard InChI is InChI=1S/C24H20N4O3S/c1-24-19(22-26-21(28-31-22)14-7-10-15(29-2)11-8-14)20(25-23(32)27-24)18-16-6-4-3-5-13(16)9-12-17(18)30-24/h3-12,19-20H,1-2H3,(H2,25,27,32)/t19-,20-,24+/m1/s1. The summed E-state index contributed by atoms with van der Waals surface area (Å²) < 4.78 is 17.5. The summed E-state index contributed by atoms with van der Waals surface area (Å²) in [7, 11) is 1.63. The first-order valence-corrected chi connectivity index (χ1v) is 10.7. The van der Waals surface area contributed by atoms with Gasteiger partial charge in [0.15, 0.2) is 10.8 Å². The number of rotatable bonds is 3. The van der Waals surface area contributed by atoms with Crippen LogP contribution in [0.3, 0.4) is 0 Å². The van der Waals surface area contributed by atoms with Gasteiger partial charge in [-0.3, -0.25) is 0 Å². The molecule has 4 aromatic rings. The number of nitrogens with zero attached hydrogens (tertiary/aromatic N) is 2. The molecule has 8 heteroatoms. The largest absolute Gasteiger partial charge is 0.497 e.